The van der Waals surface area contributed by atoms with Crippen LogP contribution in [0.25, 0.3) is 0 Å². The standard InChI is InChI=1S/C12H19N3O/c1-2-11(8-12(13)15-16)14-9-10-6-4-3-5-7-10/h3-7,11,14,16H,2,8-9H2,1H3,(H2,13,15). The Balaban J connectivity index is 2.40. The fourth-order valence-electron chi connectivity index (χ4n) is 1.51. The Morgan fingerprint density at radius 1 is 1.44 bits per heavy atom. The molecule has 0 aliphatic heterocycles. The summed E-state index contributed by atoms with van der Waals surface area (Å²) in [5, 5.41) is 14.9. The van der Waals surface area contributed by atoms with Crippen molar-refractivity contribution < 1.29 is 5.21 Å². The number of nitrogens with two attached hydrogens (primary N) is 1. The van der Waals surface area contributed by atoms with Gasteiger partial charge in [-0.25, -0.2) is 0 Å². The molecule has 0 saturated carbocycles. The Morgan fingerprint density at radius 2 is 2.12 bits per heavy atom. The Labute approximate surface area is 96.2 Å². The van der Waals surface area contributed by atoms with Gasteiger partial charge in [0.15, 0.2) is 0 Å². The molecule has 1 aromatic rings. The van der Waals surface area contributed by atoms with Crippen LogP contribution in [-0.2, 0) is 6.54 Å². The van der Waals surface area contributed by atoms with Crippen LogP contribution >= 0.6 is 0 Å². The molecule has 0 bridgehead atoms. The van der Waals surface area contributed by atoms with E-state index in [-0.39, 0.29) is 11.9 Å². The quantitative estimate of drug-likeness (QED) is 0.296. The minimum Gasteiger partial charge on any atom is -0.409 e. The van der Waals surface area contributed by atoms with Gasteiger partial charge < -0.3 is 16.3 Å². The lowest BCUT2D eigenvalue weighted by Gasteiger charge is -2.16. The van der Waals surface area contributed by atoms with Crippen LogP contribution in [0.3, 0.4) is 0 Å². The second kappa shape index (κ2) is 6.85. The van der Waals surface area contributed by atoms with Crippen LogP contribution in [-0.4, -0.2) is 17.1 Å². The van der Waals surface area contributed by atoms with E-state index < -0.39 is 0 Å². The van der Waals surface area contributed by atoms with Crippen molar-refractivity contribution in [2.75, 3.05) is 0 Å². The number of oxime groups is 1. The third-order valence-corrected chi connectivity index (χ3v) is 2.51. The van der Waals surface area contributed by atoms with Gasteiger partial charge in [-0.3, -0.25) is 0 Å². The monoisotopic (exact) mass is 221 g/mol. The van der Waals surface area contributed by atoms with E-state index in [2.05, 4.69) is 29.5 Å². The van der Waals surface area contributed by atoms with Crippen LogP contribution in [0.5, 0.6) is 0 Å². The zero-order valence-corrected chi connectivity index (χ0v) is 9.56. The second-order valence-electron chi connectivity index (χ2n) is 3.77. The zero-order chi connectivity index (χ0) is 11.8. The Morgan fingerprint density at radius 3 is 2.69 bits per heavy atom. The first-order chi connectivity index (χ1) is 7.76. The van der Waals surface area contributed by atoms with E-state index in [0.717, 1.165) is 13.0 Å². The summed E-state index contributed by atoms with van der Waals surface area (Å²) in [6, 6.07) is 10.4. The first kappa shape index (κ1) is 12.5. The molecule has 0 aliphatic rings. The average molecular weight is 221 g/mol. The molecule has 0 fully saturated rings. The molecule has 4 heteroatoms. The Bertz CT molecular complexity index is 324. The summed E-state index contributed by atoms with van der Waals surface area (Å²) < 4.78 is 0. The van der Waals surface area contributed by atoms with E-state index in [0.29, 0.717) is 6.42 Å². The van der Waals surface area contributed by atoms with Crippen molar-refractivity contribution in [2.45, 2.75) is 32.4 Å². The molecule has 1 atom stereocenters. The maximum Gasteiger partial charge on any atom is 0.140 e. The molecule has 0 aliphatic carbocycles. The first-order valence-corrected chi connectivity index (χ1v) is 5.50. The molecular weight excluding hydrogens is 202 g/mol. The maximum atomic E-state index is 8.50. The SMILES string of the molecule is CCC(CC(N)=NO)NCc1ccccc1. The second-order valence-corrected chi connectivity index (χ2v) is 3.77. The van der Waals surface area contributed by atoms with E-state index in [4.69, 9.17) is 10.9 Å². The van der Waals surface area contributed by atoms with Crippen molar-refractivity contribution >= 4 is 5.84 Å². The fourth-order valence-corrected chi connectivity index (χ4v) is 1.51. The van der Waals surface area contributed by atoms with Gasteiger partial charge in [0.2, 0.25) is 0 Å². The third kappa shape index (κ3) is 4.31. The molecule has 0 saturated heterocycles. The number of rotatable bonds is 6. The molecule has 1 unspecified atom stereocenters. The van der Waals surface area contributed by atoms with E-state index in [1.807, 2.05) is 18.2 Å². The van der Waals surface area contributed by atoms with Crippen molar-refractivity contribution in [1.29, 1.82) is 0 Å². The molecule has 1 aromatic carbocycles. The molecular formula is C12H19N3O. The molecule has 0 aromatic heterocycles. The van der Waals surface area contributed by atoms with Crippen molar-refractivity contribution in [1.82, 2.24) is 5.32 Å². The molecule has 0 radical (unpaired) electrons. The summed E-state index contributed by atoms with van der Waals surface area (Å²) in [6.07, 6.45) is 1.52. The molecule has 0 heterocycles. The van der Waals surface area contributed by atoms with E-state index in [1.54, 1.807) is 0 Å². The first-order valence-electron chi connectivity index (χ1n) is 5.50. The predicted octanol–water partition coefficient (Wildman–Crippen LogP) is 1.69. The highest BCUT2D eigenvalue weighted by molar-refractivity contribution is 5.80. The van der Waals surface area contributed by atoms with Crippen molar-refractivity contribution in [3.63, 3.8) is 0 Å². The number of amidine groups is 1. The lowest BCUT2D eigenvalue weighted by atomic mass is 10.1. The van der Waals surface area contributed by atoms with Gasteiger partial charge in [0.05, 0.1) is 0 Å². The highest BCUT2D eigenvalue weighted by Crippen LogP contribution is 2.02. The van der Waals surface area contributed by atoms with Crippen LogP contribution in [0.1, 0.15) is 25.3 Å². The van der Waals surface area contributed by atoms with Crippen molar-refractivity contribution in [3.8, 4) is 0 Å². The van der Waals surface area contributed by atoms with Gasteiger partial charge in [0.1, 0.15) is 5.84 Å². The molecule has 0 spiro atoms. The van der Waals surface area contributed by atoms with Crippen LogP contribution in [0.4, 0.5) is 0 Å². The highest BCUT2D eigenvalue weighted by Gasteiger charge is 2.07. The summed E-state index contributed by atoms with van der Waals surface area (Å²) in [7, 11) is 0. The van der Waals surface area contributed by atoms with Crippen LogP contribution in [0.2, 0.25) is 0 Å². The van der Waals surface area contributed by atoms with Crippen LogP contribution < -0.4 is 11.1 Å². The minimum absolute atomic E-state index is 0.246. The van der Waals surface area contributed by atoms with Gasteiger partial charge in [0, 0.05) is 19.0 Å². The minimum atomic E-state index is 0.246. The van der Waals surface area contributed by atoms with Crippen LogP contribution in [0, 0.1) is 0 Å². The Hall–Kier alpha value is -1.55. The topological polar surface area (TPSA) is 70.6 Å². The number of hydrogen-bond donors (Lipinski definition) is 3. The van der Waals surface area contributed by atoms with E-state index in [9.17, 15) is 0 Å². The van der Waals surface area contributed by atoms with Crippen molar-refractivity contribution in [3.05, 3.63) is 35.9 Å². The summed E-state index contributed by atoms with van der Waals surface area (Å²) in [6.45, 7) is 2.88. The fraction of sp³-hybridized carbons (Fsp3) is 0.417. The van der Waals surface area contributed by atoms with Gasteiger partial charge in [-0.15, -0.1) is 0 Å². The summed E-state index contributed by atoms with van der Waals surface area (Å²) in [4.78, 5) is 0. The maximum absolute atomic E-state index is 8.50. The average Bonchev–Trinajstić information content (AvgIpc) is 2.35. The van der Waals surface area contributed by atoms with Crippen LogP contribution in [0.15, 0.2) is 35.5 Å². The van der Waals surface area contributed by atoms with Crippen molar-refractivity contribution in [2.24, 2.45) is 10.9 Å². The summed E-state index contributed by atoms with van der Waals surface area (Å²) in [5.74, 6) is 0.271. The molecule has 16 heavy (non-hydrogen) atoms. The normalized spacial score (nSPS) is 13.7. The van der Waals surface area contributed by atoms with Gasteiger partial charge in [-0.2, -0.15) is 0 Å². The number of benzene rings is 1. The number of nitrogens with one attached hydrogen (secondary N) is 1. The molecule has 1 rings (SSSR count). The van der Waals surface area contributed by atoms with E-state index >= 15 is 0 Å². The summed E-state index contributed by atoms with van der Waals surface area (Å²) in [5.41, 5.74) is 6.71. The number of hydrogen-bond acceptors (Lipinski definition) is 3. The highest BCUT2D eigenvalue weighted by atomic mass is 16.4. The molecule has 0 amide bonds. The van der Waals surface area contributed by atoms with Gasteiger partial charge >= 0.3 is 0 Å². The van der Waals surface area contributed by atoms with Gasteiger partial charge in [0.25, 0.3) is 0 Å². The molecule has 4 nitrogen and oxygen atoms in total. The smallest absolute Gasteiger partial charge is 0.140 e. The largest absolute Gasteiger partial charge is 0.409 e. The lowest BCUT2D eigenvalue weighted by molar-refractivity contribution is 0.315. The predicted molar refractivity (Wildman–Crippen MR) is 65.4 cm³/mol. The lowest BCUT2D eigenvalue weighted by Crippen LogP contribution is -2.32. The number of nitrogens with zero attached hydrogens (tertiary/aromatic N) is 1. The summed E-state index contributed by atoms with van der Waals surface area (Å²) >= 11 is 0. The molecule has 4 N–H and O–H groups in total. The zero-order valence-electron chi connectivity index (χ0n) is 9.56. The van der Waals surface area contributed by atoms with E-state index in [1.165, 1.54) is 5.56 Å². The van der Waals surface area contributed by atoms with Gasteiger partial charge in [-0.05, 0) is 12.0 Å². The third-order valence-electron chi connectivity index (χ3n) is 2.51. The van der Waals surface area contributed by atoms with Gasteiger partial charge in [-0.1, -0.05) is 42.4 Å². The molecule has 88 valence electrons. The Kier molecular flexibility index (Phi) is 5.36.